The first kappa shape index (κ1) is 17.3. The van der Waals surface area contributed by atoms with Gasteiger partial charge in [0.15, 0.2) is 5.82 Å². The number of nitrogens with zero attached hydrogens (tertiary/aromatic N) is 4. The molecule has 0 bridgehead atoms. The number of aromatic nitrogens is 4. The molecule has 1 aliphatic carbocycles. The molecule has 2 aromatic heterocycles. The van der Waals surface area contributed by atoms with Crippen LogP contribution in [0.15, 0.2) is 24.3 Å². The number of rotatable bonds is 4. The third-order valence-corrected chi connectivity index (χ3v) is 5.93. The predicted molar refractivity (Wildman–Crippen MR) is 113 cm³/mol. The van der Waals surface area contributed by atoms with Crippen molar-refractivity contribution in [3.8, 4) is 5.95 Å². The molecular weight excluding hydrogens is 350 g/mol. The van der Waals surface area contributed by atoms with E-state index in [2.05, 4.69) is 15.6 Å². The lowest BCUT2D eigenvalue weighted by molar-refractivity contribution is 0.373. The molecule has 0 radical (unpaired) electrons. The van der Waals surface area contributed by atoms with Gasteiger partial charge in [-0.25, -0.2) is 14.5 Å². The molecule has 146 valence electrons. The number of nitrogens with one attached hydrogen (secondary N) is 2. The second kappa shape index (κ2) is 7.30. The fourth-order valence-electron chi connectivity index (χ4n) is 4.45. The third-order valence-electron chi connectivity index (χ3n) is 5.93. The van der Waals surface area contributed by atoms with Crippen molar-refractivity contribution in [1.29, 1.82) is 0 Å². The van der Waals surface area contributed by atoms with Crippen LogP contribution < -0.4 is 16.4 Å². The highest BCUT2D eigenvalue weighted by Gasteiger charge is 2.21. The molecule has 0 atom stereocenters. The first-order chi connectivity index (χ1) is 13.8. The van der Waals surface area contributed by atoms with Crippen LogP contribution in [0, 0.1) is 5.92 Å². The summed E-state index contributed by atoms with van der Waals surface area (Å²) >= 11 is 0. The Kier molecular flexibility index (Phi) is 4.50. The molecule has 1 fully saturated rings. The molecule has 1 aromatic carbocycles. The van der Waals surface area contributed by atoms with Crippen molar-refractivity contribution in [1.82, 2.24) is 19.5 Å². The number of para-hydroxylation sites is 2. The van der Waals surface area contributed by atoms with Gasteiger partial charge in [0.1, 0.15) is 0 Å². The van der Waals surface area contributed by atoms with Crippen LogP contribution in [0.2, 0.25) is 0 Å². The first-order valence-corrected chi connectivity index (χ1v) is 10.4. The first-order valence-electron chi connectivity index (χ1n) is 10.4. The van der Waals surface area contributed by atoms with Crippen molar-refractivity contribution in [2.45, 2.75) is 44.9 Å². The Labute approximate surface area is 164 Å². The minimum Gasteiger partial charge on any atom is -0.381 e. The molecule has 1 aliphatic heterocycles. The number of hydrogen-bond donors (Lipinski definition) is 3. The molecule has 7 nitrogen and oxygen atoms in total. The maximum Gasteiger partial charge on any atom is 0.239 e. The van der Waals surface area contributed by atoms with E-state index in [0.717, 1.165) is 60.1 Å². The summed E-state index contributed by atoms with van der Waals surface area (Å²) in [4.78, 5) is 14.2. The zero-order chi connectivity index (χ0) is 18.9. The second-order valence-corrected chi connectivity index (χ2v) is 7.90. The fraction of sp³-hybridized carbons (Fsp3) is 0.476. The number of aryl methyl sites for hydroxylation is 1. The second-order valence-electron chi connectivity index (χ2n) is 7.90. The van der Waals surface area contributed by atoms with Crippen molar-refractivity contribution in [3.63, 3.8) is 0 Å². The Bertz CT molecular complexity index is 988. The van der Waals surface area contributed by atoms with Gasteiger partial charge in [-0.1, -0.05) is 31.4 Å². The van der Waals surface area contributed by atoms with E-state index in [1.165, 1.54) is 32.1 Å². The smallest absolute Gasteiger partial charge is 0.239 e. The van der Waals surface area contributed by atoms with E-state index in [0.29, 0.717) is 11.9 Å². The van der Waals surface area contributed by atoms with Crippen LogP contribution in [0.1, 0.15) is 44.2 Å². The molecule has 7 heteroatoms. The Morgan fingerprint density at radius 2 is 1.93 bits per heavy atom. The van der Waals surface area contributed by atoms with Gasteiger partial charge >= 0.3 is 0 Å². The largest absolute Gasteiger partial charge is 0.381 e. The van der Waals surface area contributed by atoms with E-state index in [1.54, 1.807) is 0 Å². The number of hydrogen-bond acceptors (Lipinski definition) is 6. The van der Waals surface area contributed by atoms with Gasteiger partial charge < -0.3 is 16.4 Å². The molecular formula is C21H27N7. The number of imidazole rings is 1. The minimum atomic E-state index is 0.420. The molecule has 28 heavy (non-hydrogen) atoms. The topological polar surface area (TPSA) is 93.7 Å². The highest BCUT2D eigenvalue weighted by molar-refractivity contribution is 5.80. The van der Waals surface area contributed by atoms with Gasteiger partial charge in [0.2, 0.25) is 11.9 Å². The molecule has 2 aliphatic rings. The van der Waals surface area contributed by atoms with Crippen LogP contribution in [0.5, 0.6) is 0 Å². The van der Waals surface area contributed by atoms with Crippen LogP contribution in [0.3, 0.4) is 0 Å². The van der Waals surface area contributed by atoms with Gasteiger partial charge in [-0.2, -0.15) is 4.98 Å². The van der Waals surface area contributed by atoms with E-state index in [1.807, 2.05) is 28.8 Å². The Morgan fingerprint density at radius 1 is 1.07 bits per heavy atom. The average Bonchev–Trinajstić information content (AvgIpc) is 3.08. The average molecular weight is 377 g/mol. The lowest BCUT2D eigenvalue weighted by Gasteiger charge is -2.25. The zero-order valence-corrected chi connectivity index (χ0v) is 16.1. The quantitative estimate of drug-likeness (QED) is 0.641. The summed E-state index contributed by atoms with van der Waals surface area (Å²) in [5, 5.41) is 7.12. The number of nitrogens with two attached hydrogens (primary N) is 1. The SMILES string of the molecule is Nc1nc2ccccc2n1-c1nc2c(c(NCC3CCCCC3)n1)NCCC2. The summed E-state index contributed by atoms with van der Waals surface area (Å²) in [6, 6.07) is 7.93. The van der Waals surface area contributed by atoms with Crippen molar-refractivity contribution < 1.29 is 0 Å². The van der Waals surface area contributed by atoms with E-state index < -0.39 is 0 Å². The lowest BCUT2D eigenvalue weighted by Crippen LogP contribution is -2.22. The summed E-state index contributed by atoms with van der Waals surface area (Å²) in [5.41, 5.74) is 10.1. The van der Waals surface area contributed by atoms with Crippen LogP contribution in [0.25, 0.3) is 17.0 Å². The van der Waals surface area contributed by atoms with Crippen LogP contribution in [-0.2, 0) is 6.42 Å². The maximum absolute atomic E-state index is 6.24. The summed E-state index contributed by atoms with van der Waals surface area (Å²) in [6.07, 6.45) is 8.69. The highest BCUT2D eigenvalue weighted by Crippen LogP contribution is 2.31. The zero-order valence-electron chi connectivity index (χ0n) is 16.1. The van der Waals surface area contributed by atoms with Crippen molar-refractivity contribution in [3.05, 3.63) is 30.0 Å². The molecule has 0 spiro atoms. The lowest BCUT2D eigenvalue weighted by atomic mass is 9.89. The molecule has 4 N–H and O–H groups in total. The maximum atomic E-state index is 6.24. The van der Waals surface area contributed by atoms with Gasteiger partial charge in [0.25, 0.3) is 0 Å². The van der Waals surface area contributed by atoms with Crippen molar-refractivity contribution in [2.24, 2.45) is 5.92 Å². The van der Waals surface area contributed by atoms with Gasteiger partial charge in [-0.3, -0.25) is 0 Å². The Morgan fingerprint density at radius 3 is 2.82 bits per heavy atom. The predicted octanol–water partition coefficient (Wildman–Crippen LogP) is 3.75. The molecule has 5 rings (SSSR count). The number of nitrogen functional groups attached to an aromatic ring is 1. The van der Waals surface area contributed by atoms with Crippen LogP contribution >= 0.6 is 0 Å². The monoisotopic (exact) mass is 377 g/mol. The van der Waals surface area contributed by atoms with E-state index in [-0.39, 0.29) is 0 Å². The molecule has 1 saturated carbocycles. The molecule has 0 amide bonds. The molecule has 0 saturated heterocycles. The summed E-state index contributed by atoms with van der Waals surface area (Å²) < 4.78 is 1.86. The van der Waals surface area contributed by atoms with Gasteiger partial charge in [0, 0.05) is 13.1 Å². The fourth-order valence-corrected chi connectivity index (χ4v) is 4.45. The Balaban J connectivity index is 1.54. The normalized spacial score (nSPS) is 17.3. The van der Waals surface area contributed by atoms with Crippen molar-refractivity contribution >= 4 is 28.5 Å². The van der Waals surface area contributed by atoms with Gasteiger partial charge in [-0.15, -0.1) is 0 Å². The number of anilines is 3. The standard InChI is InChI=1S/C21H27N7/c22-20-25-15-9-4-5-11-17(15)28(20)21-26-16-10-6-12-23-18(16)19(27-21)24-13-14-7-2-1-3-8-14/h4-5,9,11,14,23H,1-3,6-8,10,12-13H2,(H2,22,25)(H,24,26,27). The third kappa shape index (κ3) is 3.15. The molecule has 0 unspecified atom stereocenters. The number of fused-ring (bicyclic) bond motifs is 2. The van der Waals surface area contributed by atoms with E-state index in [4.69, 9.17) is 15.7 Å². The van der Waals surface area contributed by atoms with E-state index in [9.17, 15) is 0 Å². The number of benzene rings is 1. The van der Waals surface area contributed by atoms with Crippen LogP contribution in [0.4, 0.5) is 17.5 Å². The summed E-state index contributed by atoms with van der Waals surface area (Å²) in [7, 11) is 0. The summed E-state index contributed by atoms with van der Waals surface area (Å²) in [5.74, 6) is 2.64. The minimum absolute atomic E-state index is 0.420. The highest BCUT2D eigenvalue weighted by atomic mass is 15.3. The van der Waals surface area contributed by atoms with E-state index >= 15 is 0 Å². The van der Waals surface area contributed by atoms with Crippen LogP contribution in [-0.4, -0.2) is 32.6 Å². The van der Waals surface area contributed by atoms with Gasteiger partial charge in [0.05, 0.1) is 22.4 Å². The molecule has 3 heterocycles. The Hall–Kier alpha value is -2.83. The molecule has 3 aromatic rings. The summed E-state index contributed by atoms with van der Waals surface area (Å²) in [6.45, 7) is 1.93. The van der Waals surface area contributed by atoms with Gasteiger partial charge in [-0.05, 0) is 43.7 Å². The van der Waals surface area contributed by atoms with Crippen molar-refractivity contribution in [2.75, 3.05) is 29.5 Å².